The molecule has 2 amide bonds. The van der Waals surface area contributed by atoms with E-state index in [2.05, 4.69) is 0 Å². The summed E-state index contributed by atoms with van der Waals surface area (Å²) in [6, 6.07) is 4.17. The fourth-order valence-electron chi connectivity index (χ4n) is 5.11. The van der Waals surface area contributed by atoms with Crippen molar-refractivity contribution in [3.8, 4) is 6.07 Å². The fraction of sp³-hybridized carbons (Fsp3) is 0.500. The van der Waals surface area contributed by atoms with E-state index in [1.807, 2.05) is 0 Å². The number of ether oxygens (including phenoxy) is 2. The van der Waals surface area contributed by atoms with Crippen LogP contribution in [0, 0.1) is 23.2 Å². The molecule has 3 aliphatic rings. The molecule has 3 fully saturated rings. The summed E-state index contributed by atoms with van der Waals surface area (Å²) in [7, 11) is 0. The zero-order valence-electron chi connectivity index (χ0n) is 16.2. The van der Waals surface area contributed by atoms with Gasteiger partial charge in [0.05, 0.1) is 40.3 Å². The quantitative estimate of drug-likeness (QED) is 0.537. The highest BCUT2D eigenvalue weighted by atomic mass is 19.4. The first kappa shape index (κ1) is 20.3. The molecule has 10 heteroatoms. The molecule has 4 rings (SSSR count). The molecule has 3 heterocycles. The zero-order chi connectivity index (χ0) is 22.2. The minimum atomic E-state index is -4.83. The number of carbonyl (C=O) groups is 3. The number of rotatable bonds is 2. The number of nitrogens with zero attached hydrogens (tertiary/aromatic N) is 2. The van der Waals surface area contributed by atoms with Crippen LogP contribution < -0.4 is 4.90 Å². The van der Waals surface area contributed by atoms with Gasteiger partial charge in [0.2, 0.25) is 11.8 Å². The third-order valence-corrected chi connectivity index (χ3v) is 6.26. The first-order valence-corrected chi connectivity index (χ1v) is 9.20. The Kier molecular flexibility index (Phi) is 4.10. The molecule has 1 aromatic rings. The maximum absolute atomic E-state index is 13.3. The van der Waals surface area contributed by atoms with Gasteiger partial charge in [-0.15, -0.1) is 0 Å². The number of benzene rings is 1. The molecule has 3 saturated heterocycles. The van der Waals surface area contributed by atoms with E-state index in [-0.39, 0.29) is 12.1 Å². The smallest absolute Gasteiger partial charge is 0.417 e. The monoisotopic (exact) mass is 422 g/mol. The van der Waals surface area contributed by atoms with E-state index in [1.54, 1.807) is 13.8 Å². The molecule has 30 heavy (non-hydrogen) atoms. The number of halogens is 3. The van der Waals surface area contributed by atoms with E-state index < -0.39 is 64.2 Å². The van der Waals surface area contributed by atoms with Gasteiger partial charge in [0.1, 0.15) is 11.7 Å². The van der Waals surface area contributed by atoms with Crippen molar-refractivity contribution in [2.24, 2.45) is 11.8 Å². The highest BCUT2D eigenvalue weighted by Crippen LogP contribution is 2.61. The van der Waals surface area contributed by atoms with Crippen molar-refractivity contribution in [1.82, 2.24) is 0 Å². The molecular weight excluding hydrogens is 405 g/mol. The lowest BCUT2D eigenvalue weighted by Gasteiger charge is -2.34. The highest BCUT2D eigenvalue weighted by molar-refractivity contribution is 6.23. The number of carbonyl (C=O) groups excluding carboxylic acids is 3. The topological polar surface area (TPSA) is 96.7 Å². The Morgan fingerprint density at radius 3 is 2.47 bits per heavy atom. The Labute approximate surface area is 169 Å². The number of hydrogen-bond donors (Lipinski definition) is 0. The standard InChI is InChI=1S/C20H17F3N2O5/c1-9(26)29-13-7-18(2)14-15(19(13,3)30-18)17(28)25(16(14)27)11-5-4-10(8-24)12(6-11)20(21,22)23/h4-6,13-15H,7H2,1-3H3/t13-,14+,15?,18?,19?/m0/s1. The summed E-state index contributed by atoms with van der Waals surface area (Å²) >= 11 is 0. The van der Waals surface area contributed by atoms with E-state index >= 15 is 0 Å². The number of imide groups is 1. The Bertz CT molecular complexity index is 1030. The van der Waals surface area contributed by atoms with Crippen LogP contribution in [0.3, 0.4) is 0 Å². The van der Waals surface area contributed by atoms with E-state index in [0.717, 1.165) is 17.0 Å². The zero-order valence-corrected chi connectivity index (χ0v) is 16.2. The van der Waals surface area contributed by atoms with Gasteiger partial charge >= 0.3 is 12.1 Å². The summed E-state index contributed by atoms with van der Waals surface area (Å²) in [5.41, 5.74) is -4.47. The Hall–Kier alpha value is -2.93. The van der Waals surface area contributed by atoms with Crippen LogP contribution in [-0.4, -0.2) is 35.1 Å². The third-order valence-electron chi connectivity index (χ3n) is 6.26. The first-order chi connectivity index (χ1) is 13.8. The fourth-order valence-corrected chi connectivity index (χ4v) is 5.11. The normalized spacial score (nSPS) is 34.8. The van der Waals surface area contributed by atoms with Crippen LogP contribution in [0.25, 0.3) is 0 Å². The predicted molar refractivity (Wildman–Crippen MR) is 93.7 cm³/mol. The van der Waals surface area contributed by atoms with Gasteiger partial charge in [-0.05, 0) is 32.0 Å². The number of amides is 2. The third kappa shape index (κ3) is 2.58. The summed E-state index contributed by atoms with van der Waals surface area (Å²) in [5, 5.41) is 8.96. The van der Waals surface area contributed by atoms with Crippen LogP contribution in [0.15, 0.2) is 18.2 Å². The highest BCUT2D eigenvalue weighted by Gasteiger charge is 2.76. The number of esters is 1. The van der Waals surface area contributed by atoms with E-state index in [1.165, 1.54) is 13.0 Å². The molecule has 0 saturated carbocycles. The van der Waals surface area contributed by atoms with Gasteiger partial charge in [-0.2, -0.15) is 18.4 Å². The van der Waals surface area contributed by atoms with Crippen molar-refractivity contribution >= 4 is 23.5 Å². The lowest BCUT2D eigenvalue weighted by atomic mass is 9.67. The molecule has 0 N–H and O–H groups in total. The van der Waals surface area contributed by atoms with E-state index in [9.17, 15) is 27.6 Å². The molecule has 0 aliphatic carbocycles. The van der Waals surface area contributed by atoms with Crippen molar-refractivity contribution in [3.63, 3.8) is 0 Å². The van der Waals surface area contributed by atoms with Crippen molar-refractivity contribution in [2.45, 2.75) is 50.7 Å². The van der Waals surface area contributed by atoms with Gasteiger partial charge in [0.25, 0.3) is 0 Å². The molecule has 0 radical (unpaired) electrons. The molecule has 5 atom stereocenters. The molecule has 0 aromatic heterocycles. The Morgan fingerprint density at radius 1 is 1.27 bits per heavy atom. The average Bonchev–Trinajstić information content (AvgIpc) is 3.14. The van der Waals surface area contributed by atoms with Crippen LogP contribution in [0.2, 0.25) is 0 Å². The summed E-state index contributed by atoms with van der Waals surface area (Å²) in [6.45, 7) is 4.43. The van der Waals surface area contributed by atoms with Gasteiger partial charge < -0.3 is 9.47 Å². The van der Waals surface area contributed by atoms with Crippen molar-refractivity contribution in [3.05, 3.63) is 29.3 Å². The molecule has 1 aromatic carbocycles. The Balaban J connectivity index is 1.77. The van der Waals surface area contributed by atoms with Gasteiger partial charge in [-0.25, -0.2) is 4.90 Å². The van der Waals surface area contributed by atoms with E-state index in [4.69, 9.17) is 14.7 Å². The lowest BCUT2D eigenvalue weighted by molar-refractivity contribution is -0.159. The predicted octanol–water partition coefficient (Wildman–Crippen LogP) is 2.57. The minimum Gasteiger partial charge on any atom is -0.459 e. The van der Waals surface area contributed by atoms with Crippen LogP contribution in [0.5, 0.6) is 0 Å². The second kappa shape index (κ2) is 6.04. The SMILES string of the molecule is CC(=O)O[C@H]1CC2(C)OC1(C)C1C(=O)N(c3ccc(C#N)c(C(F)(F)F)c3)C(=O)[C@@H]12. The van der Waals surface area contributed by atoms with Gasteiger partial charge in [-0.1, -0.05) is 0 Å². The number of anilines is 1. The van der Waals surface area contributed by atoms with Crippen LogP contribution in [-0.2, 0) is 30.0 Å². The minimum absolute atomic E-state index is 0.193. The average molecular weight is 422 g/mol. The molecule has 2 bridgehead atoms. The van der Waals surface area contributed by atoms with Crippen LogP contribution in [0.1, 0.15) is 38.3 Å². The summed E-state index contributed by atoms with van der Waals surface area (Å²) in [4.78, 5) is 38.6. The second-order valence-corrected chi connectivity index (χ2v) is 8.21. The van der Waals surface area contributed by atoms with Crippen molar-refractivity contribution in [1.29, 1.82) is 5.26 Å². The first-order valence-electron chi connectivity index (χ1n) is 9.20. The van der Waals surface area contributed by atoms with Gasteiger partial charge in [0, 0.05) is 13.3 Å². The molecule has 158 valence electrons. The summed E-state index contributed by atoms with van der Waals surface area (Å²) in [5.74, 6) is -3.86. The van der Waals surface area contributed by atoms with Crippen LogP contribution in [0.4, 0.5) is 18.9 Å². The summed E-state index contributed by atoms with van der Waals surface area (Å²) in [6.07, 6.45) is -5.40. The molecular formula is C20H17F3N2O5. The number of alkyl halides is 3. The Morgan fingerprint density at radius 2 is 1.90 bits per heavy atom. The summed E-state index contributed by atoms with van der Waals surface area (Å²) < 4.78 is 51.4. The van der Waals surface area contributed by atoms with Crippen LogP contribution >= 0.6 is 0 Å². The van der Waals surface area contributed by atoms with Gasteiger partial charge in [-0.3, -0.25) is 14.4 Å². The maximum Gasteiger partial charge on any atom is 0.417 e. The van der Waals surface area contributed by atoms with Crippen molar-refractivity contribution in [2.75, 3.05) is 4.90 Å². The lowest BCUT2D eigenvalue weighted by Crippen LogP contribution is -2.50. The second-order valence-electron chi connectivity index (χ2n) is 8.21. The molecule has 0 spiro atoms. The largest absolute Gasteiger partial charge is 0.459 e. The van der Waals surface area contributed by atoms with E-state index in [0.29, 0.717) is 6.07 Å². The number of hydrogen-bond acceptors (Lipinski definition) is 6. The maximum atomic E-state index is 13.3. The number of nitriles is 1. The molecule has 3 aliphatic heterocycles. The number of fused-ring (bicyclic) bond motifs is 5. The molecule has 7 nitrogen and oxygen atoms in total. The van der Waals surface area contributed by atoms with Gasteiger partial charge in [0.15, 0.2) is 0 Å². The van der Waals surface area contributed by atoms with Crippen molar-refractivity contribution < 1.29 is 37.0 Å². The molecule has 3 unspecified atom stereocenters.